The van der Waals surface area contributed by atoms with Crippen LogP contribution in [0.2, 0.25) is 0 Å². The van der Waals surface area contributed by atoms with Crippen molar-refractivity contribution in [3.05, 3.63) is 58.2 Å². The van der Waals surface area contributed by atoms with Crippen molar-refractivity contribution in [2.45, 2.75) is 71.1 Å². The molecule has 12 heteroatoms. The molecule has 2 aromatic rings. The van der Waals surface area contributed by atoms with Crippen LogP contribution in [-0.2, 0) is 16.1 Å². The molecule has 0 radical (unpaired) electrons. The topological polar surface area (TPSA) is 145 Å². The van der Waals surface area contributed by atoms with E-state index in [-0.39, 0.29) is 23.8 Å². The van der Waals surface area contributed by atoms with Gasteiger partial charge in [-0.1, -0.05) is 31.4 Å². The van der Waals surface area contributed by atoms with Crippen LogP contribution in [0, 0.1) is 16.0 Å². The number of non-ortho nitro benzene ring substituents is 1. The first kappa shape index (κ1) is 29.2. The lowest BCUT2D eigenvalue weighted by Crippen LogP contribution is -2.48. The van der Waals surface area contributed by atoms with Crippen LogP contribution in [0.25, 0.3) is 0 Å². The summed E-state index contributed by atoms with van der Waals surface area (Å²) in [5.74, 6) is 0.939. The van der Waals surface area contributed by atoms with Crippen molar-refractivity contribution in [3.63, 3.8) is 0 Å². The number of nitrogens with zero attached hydrogens (tertiary/aromatic N) is 3. The van der Waals surface area contributed by atoms with Crippen LogP contribution in [0.1, 0.15) is 68.9 Å². The van der Waals surface area contributed by atoms with Crippen molar-refractivity contribution >= 4 is 35.4 Å². The first-order valence-corrected chi connectivity index (χ1v) is 13.8. The summed E-state index contributed by atoms with van der Waals surface area (Å²) >= 11 is 1.63. The Bertz CT molecular complexity index is 1120. The second-order valence-electron chi connectivity index (χ2n) is 10.4. The summed E-state index contributed by atoms with van der Waals surface area (Å²) in [7, 11) is 0. The Morgan fingerprint density at radius 2 is 1.87 bits per heavy atom. The molecule has 1 aliphatic carbocycles. The number of nitro groups is 1. The number of nitrogens with one attached hydrogen (secondary N) is 2. The van der Waals surface area contributed by atoms with E-state index >= 15 is 0 Å². The SMILES string of the molecule is CC(C)(C)OC(=O)n1cnc(C(=O)N[C@@H](CSCC2CCCCC2)C(=O)NCc2ccc([N+](=O)[O-])cc2)c1. The van der Waals surface area contributed by atoms with E-state index in [0.717, 1.165) is 10.3 Å². The zero-order valence-corrected chi connectivity index (χ0v) is 22.8. The third-order valence-electron chi connectivity index (χ3n) is 6.02. The van der Waals surface area contributed by atoms with Crippen LogP contribution in [0.4, 0.5) is 10.5 Å². The van der Waals surface area contributed by atoms with E-state index in [9.17, 15) is 24.5 Å². The molecule has 206 valence electrons. The molecule has 0 saturated heterocycles. The van der Waals surface area contributed by atoms with E-state index in [2.05, 4.69) is 15.6 Å². The lowest BCUT2D eigenvalue weighted by Gasteiger charge is -2.23. The van der Waals surface area contributed by atoms with Crippen molar-refractivity contribution in [3.8, 4) is 0 Å². The van der Waals surface area contributed by atoms with E-state index in [1.54, 1.807) is 44.7 Å². The monoisotopic (exact) mass is 545 g/mol. The van der Waals surface area contributed by atoms with E-state index in [0.29, 0.717) is 17.2 Å². The number of benzene rings is 1. The highest BCUT2D eigenvalue weighted by Crippen LogP contribution is 2.27. The number of carbonyl (C=O) groups is 3. The van der Waals surface area contributed by atoms with Crippen molar-refractivity contribution in [2.75, 3.05) is 11.5 Å². The molecule has 3 rings (SSSR count). The van der Waals surface area contributed by atoms with Crippen LogP contribution >= 0.6 is 11.8 Å². The molecular weight excluding hydrogens is 510 g/mol. The fourth-order valence-corrected chi connectivity index (χ4v) is 5.30. The number of carbonyl (C=O) groups excluding carboxylic acids is 3. The molecule has 0 unspecified atom stereocenters. The van der Waals surface area contributed by atoms with Crippen LogP contribution in [-0.4, -0.2) is 55.5 Å². The van der Waals surface area contributed by atoms with Gasteiger partial charge in [0.15, 0.2) is 0 Å². The Labute approximate surface area is 226 Å². The molecule has 1 aromatic carbocycles. The molecule has 1 saturated carbocycles. The number of ether oxygens (including phenoxy) is 1. The Morgan fingerprint density at radius 1 is 1.18 bits per heavy atom. The summed E-state index contributed by atoms with van der Waals surface area (Å²) in [5.41, 5.74) is -0.0527. The fourth-order valence-electron chi connectivity index (χ4n) is 4.02. The Balaban J connectivity index is 1.63. The molecule has 0 bridgehead atoms. The molecule has 11 nitrogen and oxygen atoms in total. The van der Waals surface area contributed by atoms with Crippen LogP contribution < -0.4 is 10.6 Å². The second kappa shape index (κ2) is 13.4. The number of aromatic nitrogens is 2. The van der Waals surface area contributed by atoms with Gasteiger partial charge in [0.2, 0.25) is 5.91 Å². The third kappa shape index (κ3) is 9.16. The van der Waals surface area contributed by atoms with Gasteiger partial charge < -0.3 is 15.4 Å². The zero-order chi connectivity index (χ0) is 27.7. The summed E-state index contributed by atoms with van der Waals surface area (Å²) in [4.78, 5) is 52.6. The van der Waals surface area contributed by atoms with Gasteiger partial charge in [0.05, 0.1) is 4.92 Å². The van der Waals surface area contributed by atoms with E-state index in [1.165, 1.54) is 56.8 Å². The van der Waals surface area contributed by atoms with Gasteiger partial charge >= 0.3 is 6.09 Å². The van der Waals surface area contributed by atoms with Gasteiger partial charge in [0, 0.05) is 30.6 Å². The van der Waals surface area contributed by atoms with Gasteiger partial charge in [-0.3, -0.25) is 19.7 Å². The normalized spacial score (nSPS) is 14.9. The highest BCUT2D eigenvalue weighted by atomic mass is 32.2. The van der Waals surface area contributed by atoms with Gasteiger partial charge in [-0.2, -0.15) is 11.8 Å². The minimum atomic E-state index is -0.833. The summed E-state index contributed by atoms with van der Waals surface area (Å²) in [6.45, 7) is 5.37. The molecule has 1 heterocycles. The van der Waals surface area contributed by atoms with E-state index < -0.39 is 28.6 Å². The number of imidazole rings is 1. The largest absolute Gasteiger partial charge is 0.443 e. The smallest absolute Gasteiger partial charge is 0.419 e. The summed E-state index contributed by atoms with van der Waals surface area (Å²) in [5, 5.41) is 16.4. The summed E-state index contributed by atoms with van der Waals surface area (Å²) in [6.07, 6.45) is 7.87. The van der Waals surface area contributed by atoms with Gasteiger partial charge in [-0.15, -0.1) is 0 Å². The van der Waals surface area contributed by atoms with E-state index in [4.69, 9.17) is 4.74 Å². The maximum atomic E-state index is 13.1. The quantitative estimate of drug-likeness (QED) is 0.332. The van der Waals surface area contributed by atoms with Gasteiger partial charge in [-0.25, -0.2) is 14.3 Å². The number of nitro benzene ring substituents is 1. The van der Waals surface area contributed by atoms with Crippen LogP contribution in [0.3, 0.4) is 0 Å². The number of rotatable bonds is 10. The highest BCUT2D eigenvalue weighted by molar-refractivity contribution is 7.99. The standard InChI is InChI=1S/C26H35N5O6S/c1-26(2,3)37-25(34)30-14-21(28-17-30)24(33)29-22(16-38-15-19-7-5-4-6-8-19)23(32)27-13-18-9-11-20(12-10-18)31(35)36/h9-12,14,17,19,22H,4-8,13,15-16H2,1-3H3,(H,27,32)(H,29,33)/t22-/m0/s1. The zero-order valence-electron chi connectivity index (χ0n) is 22.0. The third-order valence-corrected chi connectivity index (χ3v) is 7.29. The lowest BCUT2D eigenvalue weighted by atomic mass is 9.91. The second-order valence-corrected chi connectivity index (χ2v) is 11.4. The minimum absolute atomic E-state index is 0.0127. The van der Waals surface area contributed by atoms with Crippen LogP contribution in [0.15, 0.2) is 36.8 Å². The number of amides is 2. The predicted octanol–water partition coefficient (Wildman–Crippen LogP) is 4.30. The molecule has 1 aromatic heterocycles. The average molecular weight is 546 g/mol. The van der Waals surface area contributed by atoms with Crippen molar-refractivity contribution in [1.29, 1.82) is 0 Å². The average Bonchev–Trinajstić information content (AvgIpc) is 3.37. The highest BCUT2D eigenvalue weighted by Gasteiger charge is 2.25. The summed E-state index contributed by atoms with van der Waals surface area (Å²) in [6, 6.07) is 5.07. The molecule has 0 aliphatic heterocycles. The van der Waals surface area contributed by atoms with Crippen molar-refractivity contribution in [2.24, 2.45) is 5.92 Å². The molecule has 38 heavy (non-hydrogen) atoms. The van der Waals surface area contributed by atoms with Crippen molar-refractivity contribution < 1.29 is 24.0 Å². The van der Waals surface area contributed by atoms with Crippen LogP contribution in [0.5, 0.6) is 0 Å². The molecule has 1 fully saturated rings. The molecule has 1 atom stereocenters. The first-order chi connectivity index (χ1) is 18.0. The molecular formula is C26H35N5O6S. The van der Waals surface area contributed by atoms with Gasteiger partial charge in [-0.05, 0) is 50.8 Å². The van der Waals surface area contributed by atoms with E-state index in [1.807, 2.05) is 0 Å². The Kier molecular flexibility index (Phi) is 10.3. The fraction of sp³-hybridized carbons (Fsp3) is 0.538. The maximum Gasteiger partial charge on any atom is 0.419 e. The molecule has 0 spiro atoms. The molecule has 2 amide bonds. The lowest BCUT2D eigenvalue weighted by molar-refractivity contribution is -0.384. The van der Waals surface area contributed by atoms with Gasteiger partial charge in [0.25, 0.3) is 11.6 Å². The number of thioether (sulfide) groups is 1. The first-order valence-electron chi connectivity index (χ1n) is 12.7. The Hall–Kier alpha value is -3.41. The predicted molar refractivity (Wildman–Crippen MR) is 144 cm³/mol. The molecule has 1 aliphatic rings. The van der Waals surface area contributed by atoms with Crippen molar-refractivity contribution in [1.82, 2.24) is 20.2 Å². The minimum Gasteiger partial charge on any atom is -0.443 e. The summed E-state index contributed by atoms with van der Waals surface area (Å²) < 4.78 is 6.37. The maximum absolute atomic E-state index is 13.1. The number of hydrogen-bond donors (Lipinski definition) is 2. The molecule has 2 N–H and O–H groups in total. The number of hydrogen-bond acceptors (Lipinski definition) is 8. The Morgan fingerprint density at radius 3 is 2.50 bits per heavy atom. The van der Waals surface area contributed by atoms with Gasteiger partial charge in [0.1, 0.15) is 23.7 Å².